The van der Waals surface area contributed by atoms with E-state index in [1.807, 2.05) is 11.0 Å². The van der Waals surface area contributed by atoms with E-state index in [2.05, 4.69) is 31.2 Å². The molecule has 2 saturated heterocycles. The van der Waals surface area contributed by atoms with Crippen molar-refractivity contribution in [2.75, 3.05) is 26.3 Å². The summed E-state index contributed by atoms with van der Waals surface area (Å²) in [4.78, 5) is 14.7. The predicted octanol–water partition coefficient (Wildman–Crippen LogP) is 1.68. The standard InChI is InChI=1S/C17H24N2O2/c1-16(14-5-3-2-4-6-14)7-10-19(13-16)15(20)17(18)8-11-21-12-9-17/h2-6H,7-13,18H2,1H3. The Balaban J connectivity index is 1.73. The Hall–Kier alpha value is -1.39. The molecule has 0 aliphatic carbocycles. The molecular formula is C17H24N2O2. The third kappa shape index (κ3) is 2.70. The van der Waals surface area contributed by atoms with Gasteiger partial charge in [0, 0.05) is 31.7 Å². The zero-order valence-corrected chi connectivity index (χ0v) is 12.7. The summed E-state index contributed by atoms with van der Waals surface area (Å²) in [6.07, 6.45) is 2.25. The topological polar surface area (TPSA) is 55.6 Å². The molecule has 4 heteroatoms. The molecule has 0 bridgehead atoms. The van der Waals surface area contributed by atoms with Crippen LogP contribution >= 0.6 is 0 Å². The first-order valence-corrected chi connectivity index (χ1v) is 7.75. The van der Waals surface area contributed by atoms with Gasteiger partial charge in [0.15, 0.2) is 0 Å². The third-order valence-corrected chi connectivity index (χ3v) is 5.04. The molecule has 2 heterocycles. The van der Waals surface area contributed by atoms with Crippen LogP contribution in [0.5, 0.6) is 0 Å². The van der Waals surface area contributed by atoms with E-state index in [9.17, 15) is 4.79 Å². The second kappa shape index (κ2) is 5.43. The minimum atomic E-state index is -0.722. The van der Waals surface area contributed by atoms with Crippen molar-refractivity contribution in [1.82, 2.24) is 4.90 Å². The van der Waals surface area contributed by atoms with E-state index >= 15 is 0 Å². The van der Waals surface area contributed by atoms with Gasteiger partial charge in [0.05, 0.1) is 5.54 Å². The van der Waals surface area contributed by atoms with Gasteiger partial charge in [0.25, 0.3) is 0 Å². The van der Waals surface area contributed by atoms with Crippen LogP contribution in [-0.2, 0) is 14.9 Å². The molecular weight excluding hydrogens is 264 g/mol. The van der Waals surface area contributed by atoms with Gasteiger partial charge in [-0.2, -0.15) is 0 Å². The Morgan fingerprint density at radius 2 is 1.86 bits per heavy atom. The largest absolute Gasteiger partial charge is 0.381 e. The molecule has 2 aliphatic rings. The number of nitrogens with two attached hydrogens (primary N) is 1. The Labute approximate surface area is 126 Å². The molecule has 2 fully saturated rings. The summed E-state index contributed by atoms with van der Waals surface area (Å²) in [7, 11) is 0. The second-order valence-corrected chi connectivity index (χ2v) is 6.67. The van der Waals surface area contributed by atoms with Gasteiger partial charge >= 0.3 is 0 Å². The lowest BCUT2D eigenvalue weighted by Gasteiger charge is -2.36. The van der Waals surface area contributed by atoms with Crippen LogP contribution < -0.4 is 5.73 Å². The highest BCUT2D eigenvalue weighted by atomic mass is 16.5. The van der Waals surface area contributed by atoms with Crippen LogP contribution in [0.2, 0.25) is 0 Å². The number of ether oxygens (including phenoxy) is 1. The van der Waals surface area contributed by atoms with E-state index < -0.39 is 5.54 Å². The molecule has 1 aromatic rings. The molecule has 1 aromatic carbocycles. The smallest absolute Gasteiger partial charge is 0.242 e. The average Bonchev–Trinajstić information content (AvgIpc) is 2.92. The van der Waals surface area contributed by atoms with Gasteiger partial charge in [0.2, 0.25) is 5.91 Å². The van der Waals surface area contributed by atoms with Crippen molar-refractivity contribution in [3.05, 3.63) is 35.9 Å². The summed E-state index contributed by atoms with van der Waals surface area (Å²) in [5.74, 6) is 0.102. The second-order valence-electron chi connectivity index (χ2n) is 6.67. The summed E-state index contributed by atoms with van der Waals surface area (Å²) in [5.41, 5.74) is 6.96. The van der Waals surface area contributed by atoms with Crippen LogP contribution in [0.3, 0.4) is 0 Å². The zero-order chi connectivity index (χ0) is 14.9. The van der Waals surface area contributed by atoms with Crippen molar-refractivity contribution in [2.24, 2.45) is 5.73 Å². The highest BCUT2D eigenvalue weighted by Crippen LogP contribution is 2.35. The van der Waals surface area contributed by atoms with Crippen molar-refractivity contribution in [1.29, 1.82) is 0 Å². The first kappa shape index (κ1) is 14.5. The van der Waals surface area contributed by atoms with Crippen molar-refractivity contribution in [2.45, 2.75) is 37.1 Å². The van der Waals surface area contributed by atoms with Gasteiger partial charge in [-0.1, -0.05) is 37.3 Å². The number of carbonyl (C=O) groups is 1. The number of nitrogens with zero attached hydrogens (tertiary/aromatic N) is 1. The lowest BCUT2D eigenvalue weighted by Crippen LogP contribution is -2.57. The Morgan fingerprint density at radius 3 is 2.52 bits per heavy atom. The van der Waals surface area contributed by atoms with Crippen molar-refractivity contribution in [3.63, 3.8) is 0 Å². The number of likely N-dealkylation sites (tertiary alicyclic amines) is 1. The van der Waals surface area contributed by atoms with Crippen molar-refractivity contribution in [3.8, 4) is 0 Å². The van der Waals surface area contributed by atoms with Crippen molar-refractivity contribution < 1.29 is 9.53 Å². The van der Waals surface area contributed by atoms with Gasteiger partial charge in [0.1, 0.15) is 0 Å². The summed E-state index contributed by atoms with van der Waals surface area (Å²) in [6.45, 7) is 4.97. The maximum atomic E-state index is 12.8. The van der Waals surface area contributed by atoms with E-state index in [1.165, 1.54) is 5.56 Å². The van der Waals surface area contributed by atoms with E-state index in [0.717, 1.165) is 19.5 Å². The van der Waals surface area contributed by atoms with Gasteiger partial charge in [-0.05, 0) is 24.8 Å². The summed E-state index contributed by atoms with van der Waals surface area (Å²) in [6, 6.07) is 10.5. The Bertz CT molecular complexity index is 511. The molecule has 0 saturated carbocycles. The van der Waals surface area contributed by atoms with E-state index in [-0.39, 0.29) is 11.3 Å². The molecule has 2 aliphatic heterocycles. The number of hydrogen-bond acceptors (Lipinski definition) is 3. The molecule has 4 nitrogen and oxygen atoms in total. The van der Waals surface area contributed by atoms with E-state index in [1.54, 1.807) is 0 Å². The molecule has 0 aromatic heterocycles. The van der Waals surface area contributed by atoms with Gasteiger partial charge in [-0.3, -0.25) is 4.79 Å². The van der Waals surface area contributed by atoms with Gasteiger partial charge in [-0.15, -0.1) is 0 Å². The lowest BCUT2D eigenvalue weighted by molar-refractivity contribution is -0.139. The van der Waals surface area contributed by atoms with Crippen LogP contribution in [0, 0.1) is 0 Å². The molecule has 3 rings (SSSR count). The number of carbonyl (C=O) groups excluding carboxylic acids is 1. The Kier molecular flexibility index (Phi) is 3.76. The molecule has 114 valence electrons. The van der Waals surface area contributed by atoms with Crippen molar-refractivity contribution >= 4 is 5.91 Å². The zero-order valence-electron chi connectivity index (χ0n) is 12.7. The maximum absolute atomic E-state index is 12.8. The first-order valence-electron chi connectivity index (χ1n) is 7.75. The quantitative estimate of drug-likeness (QED) is 0.901. The summed E-state index contributed by atoms with van der Waals surface area (Å²) in [5, 5.41) is 0. The number of benzene rings is 1. The van der Waals surface area contributed by atoms with E-state index in [0.29, 0.717) is 26.1 Å². The van der Waals surface area contributed by atoms with Gasteiger partial charge in [-0.25, -0.2) is 0 Å². The minimum Gasteiger partial charge on any atom is -0.381 e. The fraction of sp³-hybridized carbons (Fsp3) is 0.588. The predicted molar refractivity (Wildman–Crippen MR) is 82.0 cm³/mol. The highest BCUT2D eigenvalue weighted by molar-refractivity contribution is 5.86. The molecule has 1 amide bonds. The van der Waals surface area contributed by atoms with Gasteiger partial charge < -0.3 is 15.4 Å². The van der Waals surface area contributed by atoms with Crippen LogP contribution in [0.1, 0.15) is 31.7 Å². The number of amides is 1. The molecule has 0 spiro atoms. The lowest BCUT2D eigenvalue weighted by atomic mass is 9.82. The third-order valence-electron chi connectivity index (χ3n) is 5.04. The van der Waals surface area contributed by atoms with Crippen LogP contribution in [0.4, 0.5) is 0 Å². The highest BCUT2D eigenvalue weighted by Gasteiger charge is 2.44. The van der Waals surface area contributed by atoms with E-state index in [4.69, 9.17) is 10.5 Å². The SMILES string of the molecule is CC1(c2ccccc2)CCN(C(=O)C2(N)CCOCC2)C1. The molecule has 1 unspecified atom stereocenters. The summed E-state index contributed by atoms with van der Waals surface area (Å²) >= 11 is 0. The first-order chi connectivity index (χ1) is 10.0. The monoisotopic (exact) mass is 288 g/mol. The molecule has 21 heavy (non-hydrogen) atoms. The fourth-order valence-electron chi connectivity index (χ4n) is 3.47. The normalized spacial score (nSPS) is 28.6. The Morgan fingerprint density at radius 1 is 1.19 bits per heavy atom. The molecule has 2 N–H and O–H groups in total. The average molecular weight is 288 g/mol. The molecule has 1 atom stereocenters. The molecule has 0 radical (unpaired) electrons. The number of hydrogen-bond donors (Lipinski definition) is 1. The maximum Gasteiger partial charge on any atom is 0.242 e. The van der Waals surface area contributed by atoms with Crippen LogP contribution in [-0.4, -0.2) is 42.6 Å². The minimum absolute atomic E-state index is 0.0401. The van der Waals surface area contributed by atoms with Crippen LogP contribution in [0.25, 0.3) is 0 Å². The fourth-order valence-corrected chi connectivity index (χ4v) is 3.47. The number of rotatable bonds is 2. The summed E-state index contributed by atoms with van der Waals surface area (Å²) < 4.78 is 5.34. The van der Waals surface area contributed by atoms with Crippen LogP contribution in [0.15, 0.2) is 30.3 Å².